The fourth-order valence-electron chi connectivity index (χ4n) is 1.45. The Balaban J connectivity index is 2.46. The van der Waals surface area contributed by atoms with E-state index in [-0.39, 0.29) is 18.4 Å². The summed E-state index contributed by atoms with van der Waals surface area (Å²) in [5, 5.41) is 15.0. The largest absolute Gasteiger partial charge is 0.480 e. The molecular formula is C12H18N2O5. The van der Waals surface area contributed by atoms with Gasteiger partial charge < -0.3 is 19.7 Å². The molecule has 0 spiro atoms. The van der Waals surface area contributed by atoms with Crippen molar-refractivity contribution in [2.45, 2.75) is 33.2 Å². The first-order valence-electron chi connectivity index (χ1n) is 6.02. The molecule has 106 valence electrons. The van der Waals surface area contributed by atoms with E-state index in [4.69, 9.17) is 14.4 Å². The lowest BCUT2D eigenvalue weighted by Crippen LogP contribution is -2.46. The number of amides is 1. The predicted octanol–water partition coefficient (Wildman–Crippen LogP) is 0.977. The Hall–Kier alpha value is -2.05. The number of rotatable bonds is 7. The molecule has 1 heterocycles. The minimum atomic E-state index is -1.06. The molecule has 2 N–H and O–H groups in total. The van der Waals surface area contributed by atoms with Crippen LogP contribution in [0.4, 0.5) is 0 Å². The molecule has 1 amide bonds. The molecule has 1 aromatic heterocycles. The molecule has 0 aromatic carbocycles. The first kappa shape index (κ1) is 15.0. The van der Waals surface area contributed by atoms with E-state index in [1.165, 1.54) is 6.07 Å². The maximum Gasteiger partial charge on any atom is 0.326 e. The van der Waals surface area contributed by atoms with Crippen LogP contribution in [0.2, 0.25) is 0 Å². The SMILES string of the molecule is CC[C@H](C)[C@H](NC(=O)COc1cc(C)on1)C(=O)O. The summed E-state index contributed by atoms with van der Waals surface area (Å²) in [5.41, 5.74) is 0. The smallest absolute Gasteiger partial charge is 0.326 e. The second kappa shape index (κ2) is 6.77. The summed E-state index contributed by atoms with van der Waals surface area (Å²) in [6, 6.07) is 0.622. The second-order valence-electron chi connectivity index (χ2n) is 4.33. The fourth-order valence-corrected chi connectivity index (χ4v) is 1.45. The number of carbonyl (C=O) groups excluding carboxylic acids is 1. The first-order chi connectivity index (χ1) is 8.93. The van der Waals surface area contributed by atoms with Crippen molar-refractivity contribution >= 4 is 11.9 Å². The van der Waals surface area contributed by atoms with Gasteiger partial charge in [0.05, 0.1) is 0 Å². The molecule has 0 aliphatic carbocycles. The fraction of sp³-hybridized carbons (Fsp3) is 0.583. The van der Waals surface area contributed by atoms with E-state index in [1.54, 1.807) is 13.8 Å². The lowest BCUT2D eigenvalue weighted by atomic mass is 9.99. The van der Waals surface area contributed by atoms with Gasteiger partial charge in [-0.2, -0.15) is 0 Å². The van der Waals surface area contributed by atoms with E-state index in [1.807, 2.05) is 6.92 Å². The lowest BCUT2D eigenvalue weighted by molar-refractivity contribution is -0.143. The highest BCUT2D eigenvalue weighted by Crippen LogP contribution is 2.10. The van der Waals surface area contributed by atoms with Gasteiger partial charge in [-0.15, -0.1) is 0 Å². The van der Waals surface area contributed by atoms with Crippen molar-refractivity contribution in [3.63, 3.8) is 0 Å². The summed E-state index contributed by atoms with van der Waals surface area (Å²) in [7, 11) is 0. The molecule has 0 bridgehead atoms. The van der Waals surface area contributed by atoms with Crippen LogP contribution in [0.3, 0.4) is 0 Å². The Morgan fingerprint density at radius 1 is 1.58 bits per heavy atom. The molecule has 0 unspecified atom stereocenters. The van der Waals surface area contributed by atoms with Gasteiger partial charge in [0.25, 0.3) is 11.8 Å². The predicted molar refractivity (Wildman–Crippen MR) is 65.8 cm³/mol. The van der Waals surface area contributed by atoms with E-state index in [0.717, 1.165) is 0 Å². The number of aliphatic carboxylic acids is 1. The van der Waals surface area contributed by atoms with Crippen molar-refractivity contribution in [2.75, 3.05) is 6.61 Å². The number of aromatic nitrogens is 1. The van der Waals surface area contributed by atoms with E-state index >= 15 is 0 Å². The van der Waals surface area contributed by atoms with Crippen molar-refractivity contribution < 1.29 is 24.0 Å². The van der Waals surface area contributed by atoms with E-state index in [9.17, 15) is 9.59 Å². The molecule has 0 aliphatic heterocycles. The van der Waals surface area contributed by atoms with Crippen LogP contribution in [0, 0.1) is 12.8 Å². The van der Waals surface area contributed by atoms with Gasteiger partial charge in [0.1, 0.15) is 11.8 Å². The minimum Gasteiger partial charge on any atom is -0.480 e. The average Bonchev–Trinajstić information content (AvgIpc) is 2.78. The molecule has 0 aliphatic rings. The number of hydrogen-bond donors (Lipinski definition) is 2. The molecule has 0 saturated carbocycles. The first-order valence-corrected chi connectivity index (χ1v) is 6.02. The monoisotopic (exact) mass is 270 g/mol. The summed E-state index contributed by atoms with van der Waals surface area (Å²) in [4.78, 5) is 22.6. The van der Waals surface area contributed by atoms with Gasteiger partial charge in [0.2, 0.25) is 0 Å². The molecule has 2 atom stereocenters. The highest BCUT2D eigenvalue weighted by Gasteiger charge is 2.25. The number of carbonyl (C=O) groups is 2. The molecular weight excluding hydrogens is 252 g/mol. The molecule has 7 heteroatoms. The quantitative estimate of drug-likeness (QED) is 0.765. The number of carboxylic acid groups (broad SMARTS) is 1. The van der Waals surface area contributed by atoms with Crippen LogP contribution in [0.1, 0.15) is 26.0 Å². The van der Waals surface area contributed by atoms with Crippen molar-refractivity contribution in [1.29, 1.82) is 0 Å². The normalized spacial score (nSPS) is 13.6. The van der Waals surface area contributed by atoms with Crippen molar-refractivity contribution in [1.82, 2.24) is 10.5 Å². The van der Waals surface area contributed by atoms with E-state index in [0.29, 0.717) is 12.2 Å². The third-order valence-electron chi connectivity index (χ3n) is 2.75. The van der Waals surface area contributed by atoms with Crippen LogP contribution in [0.25, 0.3) is 0 Å². The number of aryl methyl sites for hydroxylation is 1. The van der Waals surface area contributed by atoms with Gasteiger partial charge in [-0.05, 0) is 18.0 Å². The van der Waals surface area contributed by atoms with Gasteiger partial charge in [0.15, 0.2) is 6.61 Å². The van der Waals surface area contributed by atoms with Crippen LogP contribution in [0.15, 0.2) is 10.6 Å². The Bertz CT molecular complexity index is 443. The lowest BCUT2D eigenvalue weighted by Gasteiger charge is -2.19. The number of ether oxygens (including phenoxy) is 1. The standard InChI is InChI=1S/C12H18N2O5/c1-4-7(2)11(12(16)17)13-9(15)6-18-10-5-8(3)19-14-10/h5,7,11H,4,6H2,1-3H3,(H,13,15)(H,16,17)/t7-,11-/m0/s1. The topological polar surface area (TPSA) is 102 Å². The number of nitrogens with zero attached hydrogens (tertiary/aromatic N) is 1. The van der Waals surface area contributed by atoms with E-state index < -0.39 is 17.9 Å². The van der Waals surface area contributed by atoms with Gasteiger partial charge >= 0.3 is 5.97 Å². The maximum atomic E-state index is 11.6. The van der Waals surface area contributed by atoms with Gasteiger partial charge in [0, 0.05) is 6.07 Å². The minimum absolute atomic E-state index is 0.157. The molecule has 19 heavy (non-hydrogen) atoms. The maximum absolute atomic E-state index is 11.6. The molecule has 0 fully saturated rings. The molecule has 1 aromatic rings. The average molecular weight is 270 g/mol. The highest BCUT2D eigenvalue weighted by molar-refractivity contribution is 5.84. The van der Waals surface area contributed by atoms with Crippen LogP contribution >= 0.6 is 0 Å². The van der Waals surface area contributed by atoms with Crippen LogP contribution in [-0.2, 0) is 9.59 Å². The van der Waals surface area contributed by atoms with Crippen LogP contribution in [-0.4, -0.2) is 34.8 Å². The third-order valence-corrected chi connectivity index (χ3v) is 2.75. The molecule has 7 nitrogen and oxygen atoms in total. The second-order valence-corrected chi connectivity index (χ2v) is 4.33. The van der Waals surface area contributed by atoms with Crippen LogP contribution < -0.4 is 10.1 Å². The van der Waals surface area contributed by atoms with Gasteiger partial charge in [-0.3, -0.25) is 4.79 Å². The molecule has 0 radical (unpaired) electrons. The van der Waals surface area contributed by atoms with Gasteiger partial charge in [-0.25, -0.2) is 4.79 Å². The van der Waals surface area contributed by atoms with Gasteiger partial charge in [-0.1, -0.05) is 20.3 Å². The number of hydrogen-bond acceptors (Lipinski definition) is 5. The van der Waals surface area contributed by atoms with Crippen molar-refractivity contribution in [3.8, 4) is 5.88 Å². The van der Waals surface area contributed by atoms with Crippen molar-refractivity contribution in [3.05, 3.63) is 11.8 Å². The highest BCUT2D eigenvalue weighted by atomic mass is 16.5. The van der Waals surface area contributed by atoms with Crippen LogP contribution in [0.5, 0.6) is 5.88 Å². The number of nitrogens with one attached hydrogen (secondary N) is 1. The summed E-state index contributed by atoms with van der Waals surface area (Å²) in [5.74, 6) is -0.953. The zero-order valence-corrected chi connectivity index (χ0v) is 11.2. The summed E-state index contributed by atoms with van der Waals surface area (Å²) in [6.07, 6.45) is 0.653. The Morgan fingerprint density at radius 3 is 2.74 bits per heavy atom. The number of carboxylic acids is 1. The summed E-state index contributed by atoms with van der Waals surface area (Å²) < 4.78 is 9.84. The third kappa shape index (κ3) is 4.61. The Kier molecular flexibility index (Phi) is 5.35. The Labute approximate surface area is 110 Å². The summed E-state index contributed by atoms with van der Waals surface area (Å²) in [6.45, 7) is 5.03. The molecule has 1 rings (SSSR count). The van der Waals surface area contributed by atoms with Crippen molar-refractivity contribution in [2.24, 2.45) is 5.92 Å². The zero-order valence-electron chi connectivity index (χ0n) is 11.2. The zero-order chi connectivity index (χ0) is 14.4. The Morgan fingerprint density at radius 2 is 2.26 bits per heavy atom. The molecule has 0 saturated heterocycles. The summed E-state index contributed by atoms with van der Waals surface area (Å²) >= 11 is 0. The van der Waals surface area contributed by atoms with E-state index in [2.05, 4.69) is 10.5 Å².